The van der Waals surface area contributed by atoms with Gasteiger partial charge < -0.3 is 9.32 Å². The molecule has 1 aromatic heterocycles. The summed E-state index contributed by atoms with van der Waals surface area (Å²) in [7, 11) is 0. The Kier molecular flexibility index (Phi) is 8.11. The summed E-state index contributed by atoms with van der Waals surface area (Å²) >= 11 is 0. The maximum absolute atomic E-state index is 7.03. The Morgan fingerprint density at radius 3 is 1.51 bits per heavy atom. The van der Waals surface area contributed by atoms with Gasteiger partial charge in [-0.15, -0.1) is 0 Å². The second kappa shape index (κ2) is 14.1. The highest BCUT2D eigenvalue weighted by Crippen LogP contribution is 2.57. The van der Waals surface area contributed by atoms with Gasteiger partial charge in [-0.2, -0.15) is 0 Å². The maximum atomic E-state index is 7.03. The molecule has 1 aliphatic carbocycles. The third kappa shape index (κ3) is 5.36. The van der Waals surface area contributed by atoms with Crippen molar-refractivity contribution >= 4 is 49.6 Å². The summed E-state index contributed by atoms with van der Waals surface area (Å²) in [5.41, 5.74) is 14.5. The molecule has 0 bridgehead atoms. The second-order valence-corrected chi connectivity index (χ2v) is 15.9. The Hall–Kier alpha value is -7.94. The number of rotatable bonds is 7. The first-order valence-electron chi connectivity index (χ1n) is 21.0. The molecule has 10 aromatic carbocycles. The highest BCUT2D eigenvalue weighted by atomic mass is 16.3. The van der Waals surface area contributed by atoms with Crippen molar-refractivity contribution in [3.63, 3.8) is 0 Å². The van der Waals surface area contributed by atoms with Crippen molar-refractivity contribution in [1.82, 2.24) is 0 Å². The molecule has 0 spiro atoms. The normalized spacial score (nSPS) is 12.7. The zero-order chi connectivity index (χ0) is 40.3. The predicted molar refractivity (Wildman–Crippen MR) is 254 cm³/mol. The summed E-state index contributed by atoms with van der Waals surface area (Å²) in [5, 5.41) is 5.86. The first kappa shape index (κ1) is 35.0. The average Bonchev–Trinajstić information content (AvgIpc) is 3.89. The molecule has 0 atom stereocenters. The summed E-state index contributed by atoms with van der Waals surface area (Å²) in [6.07, 6.45) is 0. The van der Waals surface area contributed by atoms with Gasteiger partial charge in [0.1, 0.15) is 11.3 Å². The van der Waals surface area contributed by atoms with Gasteiger partial charge in [0.2, 0.25) is 0 Å². The van der Waals surface area contributed by atoms with Gasteiger partial charge in [0.05, 0.1) is 5.41 Å². The van der Waals surface area contributed by atoms with E-state index in [9.17, 15) is 0 Å². The molecular weight excluding hydrogens is 739 g/mol. The van der Waals surface area contributed by atoms with Crippen molar-refractivity contribution in [2.24, 2.45) is 0 Å². The van der Waals surface area contributed by atoms with E-state index < -0.39 is 5.41 Å². The van der Waals surface area contributed by atoms with Crippen molar-refractivity contribution in [2.45, 2.75) is 5.41 Å². The van der Waals surface area contributed by atoms with Crippen LogP contribution in [0, 0.1) is 0 Å². The van der Waals surface area contributed by atoms with E-state index in [1.165, 1.54) is 49.5 Å². The molecule has 2 heteroatoms. The molecule has 61 heavy (non-hydrogen) atoms. The van der Waals surface area contributed by atoms with Gasteiger partial charge in [-0.3, -0.25) is 0 Å². The number of hydrogen-bond donors (Lipinski definition) is 0. The van der Waals surface area contributed by atoms with Crippen LogP contribution in [0.4, 0.5) is 17.1 Å². The molecule has 2 nitrogen and oxygen atoms in total. The van der Waals surface area contributed by atoms with Crippen LogP contribution in [0.1, 0.15) is 22.3 Å². The molecule has 286 valence electrons. The highest BCUT2D eigenvalue weighted by molar-refractivity contribution is 6.28. The predicted octanol–water partition coefficient (Wildman–Crippen LogP) is 15.9. The SMILES string of the molecule is c1ccc(-c2oc3c4ccccc4c4ccccc4c3c2-c2ccc(N(c3ccccc3)c3ccc4c(c3)C(c3ccccc3)(c3ccccc3)c3ccccc3-4)cc2)cc1. The van der Waals surface area contributed by atoms with Crippen molar-refractivity contribution < 1.29 is 4.42 Å². The van der Waals surface area contributed by atoms with E-state index in [4.69, 9.17) is 4.42 Å². The number of benzene rings is 10. The lowest BCUT2D eigenvalue weighted by molar-refractivity contribution is 0.636. The number of furan rings is 1. The number of fused-ring (bicyclic) bond motifs is 9. The van der Waals surface area contributed by atoms with Gasteiger partial charge in [-0.25, -0.2) is 0 Å². The quantitative estimate of drug-likeness (QED) is 0.150. The van der Waals surface area contributed by atoms with Gasteiger partial charge in [0.15, 0.2) is 0 Å². The molecule has 0 radical (unpaired) electrons. The summed E-state index contributed by atoms with van der Waals surface area (Å²) < 4.78 is 7.03. The Balaban J connectivity index is 1.07. The van der Waals surface area contributed by atoms with E-state index in [2.05, 4.69) is 241 Å². The first-order chi connectivity index (χ1) is 30.3. The van der Waals surface area contributed by atoms with Crippen molar-refractivity contribution in [2.75, 3.05) is 4.90 Å². The summed E-state index contributed by atoms with van der Waals surface area (Å²) in [6, 6.07) is 85.7. The number of para-hydroxylation sites is 1. The molecule has 0 saturated carbocycles. The molecule has 0 N–H and O–H groups in total. The van der Waals surface area contributed by atoms with Gasteiger partial charge in [0, 0.05) is 39.0 Å². The number of hydrogen-bond acceptors (Lipinski definition) is 2. The standard InChI is InChI=1S/C59H39NO/c1-5-19-41(20-6-1)57-55(56-51-30-15-13-27-47(51)48-28-14-16-31-52(48)58(56)61-57)40-33-35-45(36-34-40)60(44-25-11-4-12-26-44)46-37-38-50-49-29-17-18-32-53(49)59(54(50)39-46,42-21-7-2-8-22-42)43-23-9-3-10-24-43/h1-39H. The van der Waals surface area contributed by atoms with Gasteiger partial charge in [-0.1, -0.05) is 200 Å². The Morgan fingerprint density at radius 1 is 0.344 bits per heavy atom. The third-order valence-electron chi connectivity index (χ3n) is 12.7. The van der Waals surface area contributed by atoms with E-state index in [1.54, 1.807) is 0 Å². The first-order valence-corrected chi connectivity index (χ1v) is 21.0. The van der Waals surface area contributed by atoms with E-state index in [-0.39, 0.29) is 0 Å². The van der Waals surface area contributed by atoms with E-state index in [0.29, 0.717) is 0 Å². The van der Waals surface area contributed by atoms with E-state index in [0.717, 1.165) is 55.9 Å². The summed E-state index contributed by atoms with van der Waals surface area (Å²) in [4.78, 5) is 2.39. The average molecular weight is 778 g/mol. The minimum absolute atomic E-state index is 0.500. The fraction of sp³-hybridized carbons (Fsp3) is 0.0169. The molecule has 1 aliphatic rings. The molecular formula is C59H39NO. The van der Waals surface area contributed by atoms with Crippen LogP contribution in [-0.2, 0) is 5.41 Å². The molecule has 1 heterocycles. The van der Waals surface area contributed by atoms with Crippen molar-refractivity contribution in [1.29, 1.82) is 0 Å². The third-order valence-corrected chi connectivity index (χ3v) is 12.7. The van der Waals surface area contributed by atoms with Crippen LogP contribution in [0.15, 0.2) is 241 Å². The zero-order valence-corrected chi connectivity index (χ0v) is 33.4. The maximum Gasteiger partial charge on any atom is 0.143 e. The molecule has 11 aromatic rings. The molecule has 12 rings (SSSR count). The van der Waals surface area contributed by atoms with Crippen LogP contribution < -0.4 is 4.90 Å². The van der Waals surface area contributed by atoms with Crippen molar-refractivity contribution in [3.8, 4) is 33.6 Å². The fourth-order valence-electron chi connectivity index (χ4n) is 10.2. The lowest BCUT2D eigenvalue weighted by Crippen LogP contribution is -2.28. The van der Waals surface area contributed by atoms with Crippen LogP contribution in [0.2, 0.25) is 0 Å². The van der Waals surface area contributed by atoms with E-state index >= 15 is 0 Å². The highest BCUT2D eigenvalue weighted by Gasteiger charge is 2.46. The van der Waals surface area contributed by atoms with Crippen LogP contribution in [-0.4, -0.2) is 0 Å². The number of anilines is 3. The molecule has 0 aliphatic heterocycles. The summed E-state index contributed by atoms with van der Waals surface area (Å²) in [5.74, 6) is 0.876. The minimum atomic E-state index is -0.500. The molecule has 0 unspecified atom stereocenters. The second-order valence-electron chi connectivity index (χ2n) is 15.9. The Labute approximate surface area is 355 Å². The van der Waals surface area contributed by atoms with Gasteiger partial charge >= 0.3 is 0 Å². The minimum Gasteiger partial charge on any atom is -0.455 e. The fourth-order valence-corrected chi connectivity index (χ4v) is 10.2. The lowest BCUT2D eigenvalue weighted by atomic mass is 9.67. The smallest absolute Gasteiger partial charge is 0.143 e. The Morgan fingerprint density at radius 2 is 0.836 bits per heavy atom. The molecule has 0 fully saturated rings. The van der Waals surface area contributed by atoms with E-state index in [1.807, 2.05) is 0 Å². The topological polar surface area (TPSA) is 16.4 Å². The van der Waals surface area contributed by atoms with Crippen LogP contribution >= 0.6 is 0 Å². The Bertz CT molecular complexity index is 3350. The van der Waals surface area contributed by atoms with Crippen LogP contribution in [0.3, 0.4) is 0 Å². The van der Waals surface area contributed by atoms with Crippen LogP contribution in [0.25, 0.3) is 66.1 Å². The molecule has 0 saturated heterocycles. The number of nitrogens with zero attached hydrogens (tertiary/aromatic N) is 1. The molecule has 0 amide bonds. The monoisotopic (exact) mass is 777 g/mol. The largest absolute Gasteiger partial charge is 0.455 e. The van der Waals surface area contributed by atoms with Crippen LogP contribution in [0.5, 0.6) is 0 Å². The van der Waals surface area contributed by atoms with Crippen molar-refractivity contribution in [3.05, 3.63) is 259 Å². The zero-order valence-electron chi connectivity index (χ0n) is 33.4. The lowest BCUT2D eigenvalue weighted by Gasteiger charge is -2.35. The van der Waals surface area contributed by atoms with Gasteiger partial charge in [-0.05, 0) is 91.5 Å². The van der Waals surface area contributed by atoms with Gasteiger partial charge in [0.25, 0.3) is 0 Å². The summed E-state index contributed by atoms with van der Waals surface area (Å²) in [6.45, 7) is 0.